The molecule has 0 unspecified atom stereocenters. The highest BCUT2D eigenvalue weighted by molar-refractivity contribution is 5.88. The lowest BCUT2D eigenvalue weighted by Gasteiger charge is -2.10. The molecule has 0 spiro atoms. The fourth-order valence-electron chi connectivity index (χ4n) is 3.99. The number of aromatic nitrogens is 9. The number of aromatic amines is 1. The van der Waals surface area contributed by atoms with Gasteiger partial charge in [-0.05, 0) is 36.8 Å². The van der Waals surface area contributed by atoms with Crippen LogP contribution in [0.15, 0.2) is 47.3 Å². The van der Waals surface area contributed by atoms with Gasteiger partial charge >= 0.3 is 11.6 Å². The smallest absolute Gasteiger partial charge is 0.290 e. The zero-order chi connectivity index (χ0) is 23.1. The van der Waals surface area contributed by atoms with Crippen LogP contribution in [0, 0.1) is 13.8 Å². The Morgan fingerprint density at radius 2 is 1.76 bits per heavy atom. The van der Waals surface area contributed by atoms with Crippen LogP contribution in [0.4, 0.5) is 5.95 Å². The molecular weight excluding hydrogens is 420 g/mol. The molecule has 5 rings (SSSR count). The summed E-state index contributed by atoms with van der Waals surface area (Å²) in [5.74, 6) is 0.732. The maximum Gasteiger partial charge on any atom is 0.411 e. The van der Waals surface area contributed by atoms with E-state index >= 15 is 0 Å². The number of benzene rings is 1. The predicted octanol–water partition coefficient (Wildman–Crippen LogP) is 1.00. The van der Waals surface area contributed by atoms with E-state index in [-0.39, 0.29) is 11.6 Å². The molecule has 11 heteroatoms. The van der Waals surface area contributed by atoms with Gasteiger partial charge < -0.3 is 0 Å². The van der Waals surface area contributed by atoms with Gasteiger partial charge in [0.15, 0.2) is 5.82 Å². The topological polar surface area (TPSA) is 136 Å². The monoisotopic (exact) mass is 443 g/mol. The fraction of sp³-hybridized carbons (Fsp3) is 0.227. The quantitative estimate of drug-likeness (QED) is 0.428. The average molecular weight is 443 g/mol. The zero-order valence-electron chi connectivity index (χ0n) is 18.5. The van der Waals surface area contributed by atoms with Crippen LogP contribution in [-0.4, -0.2) is 39.4 Å². The molecule has 166 valence electrons. The molecule has 4 aromatic heterocycles. The predicted molar refractivity (Wildman–Crippen MR) is 121 cm³/mol. The Labute approximate surface area is 188 Å². The molecule has 0 bridgehead atoms. The number of nitrogens with zero attached hydrogens (tertiary/aromatic N) is 8. The van der Waals surface area contributed by atoms with Crippen molar-refractivity contribution in [2.75, 3.05) is 5.73 Å². The van der Waals surface area contributed by atoms with Crippen molar-refractivity contribution in [2.24, 2.45) is 7.05 Å². The number of hydrogen-bond acceptors (Lipinski definition) is 7. The minimum absolute atomic E-state index is 0.198. The van der Waals surface area contributed by atoms with E-state index in [9.17, 15) is 4.79 Å². The number of aryl methyl sites for hydroxylation is 5. The van der Waals surface area contributed by atoms with E-state index in [0.717, 1.165) is 33.8 Å². The number of tetrazole rings is 1. The number of hydrogen-bond donors (Lipinski definition) is 1. The van der Waals surface area contributed by atoms with E-state index in [1.54, 1.807) is 7.05 Å². The van der Waals surface area contributed by atoms with E-state index in [1.165, 1.54) is 13.9 Å². The number of nitrogen functional groups attached to an aromatic ring is 1. The summed E-state index contributed by atoms with van der Waals surface area (Å²) in [6.07, 6.45) is 0.412. The lowest BCUT2D eigenvalue weighted by molar-refractivity contribution is -0.351. The van der Waals surface area contributed by atoms with Crippen LogP contribution in [0.3, 0.4) is 0 Å². The van der Waals surface area contributed by atoms with Crippen molar-refractivity contribution in [1.82, 2.24) is 39.4 Å². The van der Waals surface area contributed by atoms with Crippen LogP contribution in [-0.2, 0) is 20.0 Å². The number of nitrogens with one attached hydrogen (secondary N) is 1. The van der Waals surface area contributed by atoms with Crippen molar-refractivity contribution >= 4 is 11.6 Å². The molecule has 0 saturated heterocycles. The Bertz CT molecular complexity index is 1510. The summed E-state index contributed by atoms with van der Waals surface area (Å²) < 4.78 is 2.78. The maximum atomic E-state index is 13.2. The molecule has 11 nitrogen and oxygen atoms in total. The number of pyridine rings is 1. The molecule has 0 atom stereocenters. The first-order chi connectivity index (χ1) is 15.9. The van der Waals surface area contributed by atoms with Crippen molar-refractivity contribution in [3.63, 3.8) is 0 Å². The van der Waals surface area contributed by atoms with Gasteiger partial charge in [0.25, 0.3) is 0 Å². The molecule has 33 heavy (non-hydrogen) atoms. The van der Waals surface area contributed by atoms with Crippen molar-refractivity contribution in [2.45, 2.75) is 26.8 Å². The highest BCUT2D eigenvalue weighted by Gasteiger charge is 2.26. The summed E-state index contributed by atoms with van der Waals surface area (Å²) in [5, 5.41) is 16.7. The van der Waals surface area contributed by atoms with Gasteiger partial charge in [0.05, 0.1) is 19.2 Å². The third kappa shape index (κ3) is 3.73. The molecule has 0 aliphatic rings. The van der Waals surface area contributed by atoms with E-state index in [2.05, 4.69) is 30.5 Å². The number of fused-ring (bicyclic) bond motifs is 1. The summed E-state index contributed by atoms with van der Waals surface area (Å²) in [7, 11) is 1.69. The largest absolute Gasteiger partial charge is 0.411 e. The summed E-state index contributed by atoms with van der Waals surface area (Å²) in [4.78, 5) is 22.3. The lowest BCUT2D eigenvalue weighted by Crippen LogP contribution is -2.28. The van der Waals surface area contributed by atoms with E-state index < -0.39 is 0 Å². The third-order valence-corrected chi connectivity index (χ3v) is 5.34. The van der Waals surface area contributed by atoms with E-state index in [0.29, 0.717) is 24.4 Å². The van der Waals surface area contributed by atoms with Gasteiger partial charge in [0.1, 0.15) is 5.69 Å². The van der Waals surface area contributed by atoms with Crippen molar-refractivity contribution < 1.29 is 4.98 Å². The van der Waals surface area contributed by atoms with E-state index in [4.69, 9.17) is 5.73 Å². The molecule has 0 amide bonds. The Morgan fingerprint density at radius 3 is 2.42 bits per heavy atom. The molecule has 0 saturated carbocycles. The fourth-order valence-corrected chi connectivity index (χ4v) is 3.99. The van der Waals surface area contributed by atoms with Crippen LogP contribution in [0.25, 0.3) is 28.0 Å². The van der Waals surface area contributed by atoms with Crippen LogP contribution in [0.5, 0.6) is 0 Å². The second-order valence-corrected chi connectivity index (χ2v) is 7.87. The average Bonchev–Trinajstić information content (AvgIpc) is 3.35. The van der Waals surface area contributed by atoms with Gasteiger partial charge in [-0.2, -0.15) is 9.48 Å². The third-order valence-electron chi connectivity index (χ3n) is 5.34. The Morgan fingerprint density at radius 1 is 1.03 bits per heavy atom. The molecule has 5 aromatic rings. The van der Waals surface area contributed by atoms with Crippen LogP contribution in [0.2, 0.25) is 0 Å². The van der Waals surface area contributed by atoms with Gasteiger partial charge in [0.2, 0.25) is 5.65 Å². The molecule has 0 fully saturated rings. The minimum Gasteiger partial charge on any atom is -0.290 e. The first kappa shape index (κ1) is 20.5. The molecule has 4 heterocycles. The maximum absolute atomic E-state index is 13.2. The van der Waals surface area contributed by atoms with Crippen molar-refractivity contribution in [1.29, 1.82) is 0 Å². The lowest BCUT2D eigenvalue weighted by atomic mass is 9.99. The molecular formula is C22H23N10O+. The molecule has 0 aliphatic carbocycles. The first-order valence-electron chi connectivity index (χ1n) is 10.5. The summed E-state index contributed by atoms with van der Waals surface area (Å²) in [5.41, 5.74) is 11.6. The van der Waals surface area contributed by atoms with Gasteiger partial charge in [-0.1, -0.05) is 30.3 Å². The number of rotatable bonds is 5. The first-order valence-corrected chi connectivity index (χ1v) is 10.5. The second kappa shape index (κ2) is 7.93. The number of anilines is 1. The van der Waals surface area contributed by atoms with Gasteiger partial charge in [-0.3, -0.25) is 10.7 Å². The van der Waals surface area contributed by atoms with E-state index in [1.807, 2.05) is 56.3 Å². The van der Waals surface area contributed by atoms with Crippen molar-refractivity contribution in [3.05, 3.63) is 70.2 Å². The van der Waals surface area contributed by atoms with Gasteiger partial charge in [0, 0.05) is 23.4 Å². The highest BCUT2D eigenvalue weighted by Crippen LogP contribution is 2.32. The van der Waals surface area contributed by atoms with Crippen LogP contribution >= 0.6 is 0 Å². The second-order valence-electron chi connectivity index (χ2n) is 7.87. The minimum atomic E-state index is -0.342. The summed E-state index contributed by atoms with van der Waals surface area (Å²) in [6, 6.07) is 13.8. The standard InChI is InChI=1S/C22H22N10O/c1-13-11-16(12-14(2)24-13)18-19(15-7-5-4-6-8-15)25-21(23)32-20(18)28-31(22(32)33)10-9-17-26-29-30(3)27-17/h4-8,11-12H,9-10H2,1-3H3,(H2,23,25)/p+1. The molecule has 3 N–H and O–H groups in total. The zero-order valence-corrected chi connectivity index (χ0v) is 18.5. The summed E-state index contributed by atoms with van der Waals surface area (Å²) in [6.45, 7) is 4.17. The highest BCUT2D eigenvalue weighted by atomic mass is 16.2. The molecule has 0 aliphatic heterocycles. The molecule has 0 radical (unpaired) electrons. The van der Waals surface area contributed by atoms with Crippen LogP contribution < -0.4 is 16.4 Å². The SMILES string of the molecule is Cc1cc(-c2c(-c3ccccc3)[nH+]c(N)n3c(=O)n(CCc4nnn(C)n4)nc23)cc(C)n1. The number of nitrogens with two attached hydrogens (primary N) is 1. The Balaban J connectivity index is 1.74. The Kier molecular flexibility index (Phi) is 4.93. The summed E-state index contributed by atoms with van der Waals surface area (Å²) >= 11 is 0. The van der Waals surface area contributed by atoms with Gasteiger partial charge in [-0.15, -0.1) is 19.7 Å². The normalized spacial score (nSPS) is 11.4. The van der Waals surface area contributed by atoms with Crippen molar-refractivity contribution in [3.8, 4) is 22.4 Å². The van der Waals surface area contributed by atoms with Crippen LogP contribution in [0.1, 0.15) is 17.2 Å². The Hall–Kier alpha value is -4.41. The van der Waals surface area contributed by atoms with Gasteiger partial charge in [-0.25, -0.2) is 9.78 Å². The molecule has 1 aromatic carbocycles. The number of H-pyrrole nitrogens is 1.